The predicted octanol–water partition coefficient (Wildman–Crippen LogP) is 1.44. The van der Waals surface area contributed by atoms with Crippen LogP contribution < -0.4 is 5.32 Å². The van der Waals surface area contributed by atoms with Crippen LogP contribution in [0.1, 0.15) is 17.0 Å². The molecule has 0 atom stereocenters. The van der Waals surface area contributed by atoms with E-state index < -0.39 is 0 Å². The molecule has 1 aromatic rings. The van der Waals surface area contributed by atoms with Crippen molar-refractivity contribution in [3.05, 3.63) is 17.0 Å². The first kappa shape index (κ1) is 7.98. The number of nitrogens with one attached hydrogen (secondary N) is 1. The van der Waals surface area contributed by atoms with Crippen LogP contribution in [-0.2, 0) is 0 Å². The summed E-state index contributed by atoms with van der Waals surface area (Å²) in [5, 5.41) is 2.91. The first-order chi connectivity index (χ1) is 5.15. The number of rotatable bonds is 1. The van der Waals surface area contributed by atoms with E-state index in [1.54, 1.807) is 0 Å². The molecule has 0 saturated heterocycles. The molecule has 11 heavy (non-hydrogen) atoms. The lowest BCUT2D eigenvalue weighted by Crippen LogP contribution is -2.02. The molecular weight excluding hydrogens is 138 g/mol. The highest BCUT2D eigenvalue weighted by atomic mass is 15.1. The van der Waals surface area contributed by atoms with Gasteiger partial charge < -0.3 is 5.32 Å². The van der Waals surface area contributed by atoms with Crippen LogP contribution in [0.15, 0.2) is 0 Å². The van der Waals surface area contributed by atoms with E-state index in [0.29, 0.717) is 5.95 Å². The topological polar surface area (TPSA) is 37.8 Å². The fraction of sp³-hybridized carbons (Fsp3) is 0.500. The second kappa shape index (κ2) is 2.86. The quantitative estimate of drug-likeness (QED) is 0.660. The third-order valence-electron chi connectivity index (χ3n) is 1.86. The highest BCUT2D eigenvalue weighted by Crippen LogP contribution is 2.09. The van der Waals surface area contributed by atoms with E-state index in [0.717, 1.165) is 11.4 Å². The van der Waals surface area contributed by atoms with Gasteiger partial charge in [-0.25, -0.2) is 9.97 Å². The van der Waals surface area contributed by atoms with Crippen LogP contribution >= 0.6 is 0 Å². The summed E-state index contributed by atoms with van der Waals surface area (Å²) in [6, 6.07) is 0. The molecule has 0 spiro atoms. The number of hydrogen-bond donors (Lipinski definition) is 1. The summed E-state index contributed by atoms with van der Waals surface area (Å²) in [5.74, 6) is 0.700. The van der Waals surface area contributed by atoms with Gasteiger partial charge in [-0.05, 0) is 26.3 Å². The van der Waals surface area contributed by atoms with Crippen molar-refractivity contribution >= 4 is 5.95 Å². The van der Waals surface area contributed by atoms with Crippen molar-refractivity contribution in [1.29, 1.82) is 0 Å². The number of aryl methyl sites for hydroxylation is 2. The van der Waals surface area contributed by atoms with Crippen LogP contribution in [0.25, 0.3) is 0 Å². The molecule has 3 nitrogen and oxygen atoms in total. The normalized spacial score (nSPS) is 9.82. The maximum Gasteiger partial charge on any atom is 0.222 e. The minimum atomic E-state index is 0.700. The van der Waals surface area contributed by atoms with E-state index in [1.165, 1.54) is 5.56 Å². The molecule has 1 heterocycles. The molecule has 0 aromatic carbocycles. The second-order valence-electron chi connectivity index (χ2n) is 2.59. The van der Waals surface area contributed by atoms with Crippen molar-refractivity contribution in [2.45, 2.75) is 20.8 Å². The number of nitrogens with zero attached hydrogens (tertiary/aromatic N) is 2. The zero-order chi connectivity index (χ0) is 8.43. The first-order valence-electron chi connectivity index (χ1n) is 3.64. The molecule has 60 valence electrons. The predicted molar refractivity (Wildman–Crippen MR) is 45.8 cm³/mol. The Balaban J connectivity index is 3.21. The third kappa shape index (κ3) is 1.48. The minimum Gasteiger partial charge on any atom is -0.357 e. The first-order valence-corrected chi connectivity index (χ1v) is 3.64. The van der Waals surface area contributed by atoms with Crippen LogP contribution in [-0.4, -0.2) is 17.0 Å². The molecule has 1 rings (SSSR count). The van der Waals surface area contributed by atoms with Gasteiger partial charge in [0.1, 0.15) is 0 Å². The summed E-state index contributed by atoms with van der Waals surface area (Å²) in [4.78, 5) is 8.46. The number of aromatic nitrogens is 2. The largest absolute Gasteiger partial charge is 0.357 e. The highest BCUT2D eigenvalue weighted by Gasteiger charge is 2.01. The van der Waals surface area contributed by atoms with E-state index in [2.05, 4.69) is 15.3 Å². The zero-order valence-corrected chi connectivity index (χ0v) is 7.39. The molecular formula is C8H13N3. The van der Waals surface area contributed by atoms with E-state index >= 15 is 0 Å². The molecule has 3 heteroatoms. The smallest absolute Gasteiger partial charge is 0.222 e. The standard InChI is InChI=1S/C8H13N3/c1-5-6(2)10-8(9-4)11-7(5)3/h1-4H3,(H,9,10,11). The molecule has 0 aliphatic rings. The van der Waals surface area contributed by atoms with E-state index in [4.69, 9.17) is 0 Å². The van der Waals surface area contributed by atoms with Gasteiger partial charge in [-0.3, -0.25) is 0 Å². The van der Waals surface area contributed by atoms with Crippen LogP contribution in [0.3, 0.4) is 0 Å². The summed E-state index contributed by atoms with van der Waals surface area (Å²) >= 11 is 0. The van der Waals surface area contributed by atoms with Gasteiger partial charge in [0.15, 0.2) is 0 Å². The third-order valence-corrected chi connectivity index (χ3v) is 1.86. The molecule has 0 aliphatic carbocycles. The summed E-state index contributed by atoms with van der Waals surface area (Å²) < 4.78 is 0. The summed E-state index contributed by atoms with van der Waals surface area (Å²) in [6.07, 6.45) is 0. The van der Waals surface area contributed by atoms with Crippen molar-refractivity contribution in [2.75, 3.05) is 12.4 Å². The molecule has 0 unspecified atom stereocenters. The molecule has 0 amide bonds. The Bertz CT molecular complexity index is 245. The van der Waals surface area contributed by atoms with Crippen molar-refractivity contribution in [1.82, 2.24) is 9.97 Å². The fourth-order valence-electron chi connectivity index (χ4n) is 0.884. The van der Waals surface area contributed by atoms with Crippen LogP contribution in [0, 0.1) is 20.8 Å². The number of anilines is 1. The lowest BCUT2D eigenvalue weighted by molar-refractivity contribution is 1.01. The molecule has 0 bridgehead atoms. The summed E-state index contributed by atoms with van der Waals surface area (Å²) in [5.41, 5.74) is 3.26. The van der Waals surface area contributed by atoms with Gasteiger partial charge in [0, 0.05) is 18.4 Å². The zero-order valence-electron chi connectivity index (χ0n) is 7.39. The van der Waals surface area contributed by atoms with Gasteiger partial charge in [0.05, 0.1) is 0 Å². The Morgan fingerprint density at radius 1 is 1.00 bits per heavy atom. The number of hydrogen-bond acceptors (Lipinski definition) is 3. The van der Waals surface area contributed by atoms with E-state index in [-0.39, 0.29) is 0 Å². The summed E-state index contributed by atoms with van der Waals surface area (Å²) in [7, 11) is 1.82. The van der Waals surface area contributed by atoms with Gasteiger partial charge in [0.2, 0.25) is 5.95 Å². The van der Waals surface area contributed by atoms with Crippen molar-refractivity contribution in [3.63, 3.8) is 0 Å². The SMILES string of the molecule is CNc1nc(C)c(C)c(C)n1. The van der Waals surface area contributed by atoms with Crippen molar-refractivity contribution in [3.8, 4) is 0 Å². The van der Waals surface area contributed by atoms with Gasteiger partial charge in [-0.2, -0.15) is 0 Å². The minimum absolute atomic E-state index is 0.700. The summed E-state index contributed by atoms with van der Waals surface area (Å²) in [6.45, 7) is 6.01. The molecule has 0 fully saturated rings. The maximum absolute atomic E-state index is 4.23. The molecule has 0 aliphatic heterocycles. The average molecular weight is 151 g/mol. The van der Waals surface area contributed by atoms with Gasteiger partial charge in [-0.1, -0.05) is 0 Å². The fourth-order valence-corrected chi connectivity index (χ4v) is 0.884. The Labute approximate surface area is 66.9 Å². The Morgan fingerprint density at radius 3 is 1.82 bits per heavy atom. The second-order valence-corrected chi connectivity index (χ2v) is 2.59. The van der Waals surface area contributed by atoms with Gasteiger partial charge in [0.25, 0.3) is 0 Å². The lowest BCUT2D eigenvalue weighted by atomic mass is 10.2. The van der Waals surface area contributed by atoms with Crippen molar-refractivity contribution < 1.29 is 0 Å². The molecule has 1 N–H and O–H groups in total. The maximum atomic E-state index is 4.23. The average Bonchev–Trinajstić information content (AvgIpc) is 1.99. The molecule has 0 saturated carbocycles. The molecule has 0 radical (unpaired) electrons. The van der Waals surface area contributed by atoms with E-state index in [9.17, 15) is 0 Å². The Kier molecular flexibility index (Phi) is 2.08. The lowest BCUT2D eigenvalue weighted by Gasteiger charge is -2.05. The monoisotopic (exact) mass is 151 g/mol. The molecule has 1 aromatic heterocycles. The van der Waals surface area contributed by atoms with E-state index in [1.807, 2.05) is 27.8 Å². The van der Waals surface area contributed by atoms with Gasteiger partial charge >= 0.3 is 0 Å². The van der Waals surface area contributed by atoms with Crippen LogP contribution in [0.2, 0.25) is 0 Å². The highest BCUT2D eigenvalue weighted by molar-refractivity contribution is 5.32. The van der Waals surface area contributed by atoms with Crippen molar-refractivity contribution in [2.24, 2.45) is 0 Å². The van der Waals surface area contributed by atoms with Crippen LogP contribution in [0.4, 0.5) is 5.95 Å². The Morgan fingerprint density at radius 2 is 1.45 bits per heavy atom. The van der Waals surface area contributed by atoms with Gasteiger partial charge in [-0.15, -0.1) is 0 Å². The van der Waals surface area contributed by atoms with Crippen LogP contribution in [0.5, 0.6) is 0 Å². The Hall–Kier alpha value is -1.12.